The summed E-state index contributed by atoms with van der Waals surface area (Å²) < 4.78 is 13.2. The molecule has 0 atom stereocenters. The van der Waals surface area contributed by atoms with E-state index in [1.165, 1.54) is 12.1 Å². The van der Waals surface area contributed by atoms with Gasteiger partial charge >= 0.3 is 0 Å². The average Bonchev–Trinajstić information content (AvgIpc) is 3.39. The second kappa shape index (κ2) is 6.90. The van der Waals surface area contributed by atoms with Gasteiger partial charge in [-0.1, -0.05) is 18.2 Å². The number of carbonyl (C=O) groups is 2. The number of hydrogen-bond acceptors (Lipinski definition) is 2. The van der Waals surface area contributed by atoms with E-state index in [0.29, 0.717) is 12.1 Å². The van der Waals surface area contributed by atoms with Crippen molar-refractivity contribution in [3.05, 3.63) is 59.4 Å². The molecule has 1 saturated carbocycles. The van der Waals surface area contributed by atoms with Gasteiger partial charge in [0, 0.05) is 30.3 Å². The Morgan fingerprint density at radius 2 is 2.00 bits per heavy atom. The Hall–Kier alpha value is -2.69. The van der Waals surface area contributed by atoms with Crippen molar-refractivity contribution in [1.29, 1.82) is 0 Å². The molecule has 1 fully saturated rings. The van der Waals surface area contributed by atoms with E-state index < -0.39 is 0 Å². The van der Waals surface area contributed by atoms with E-state index >= 15 is 0 Å². The van der Waals surface area contributed by atoms with E-state index in [0.717, 1.165) is 42.6 Å². The normalized spacial score (nSPS) is 15.7. The molecule has 2 aromatic carbocycles. The summed E-state index contributed by atoms with van der Waals surface area (Å²) in [6, 6.07) is 12.1. The predicted molar refractivity (Wildman–Crippen MR) is 98.6 cm³/mol. The molecule has 0 bridgehead atoms. The van der Waals surface area contributed by atoms with Crippen LogP contribution in [0.15, 0.2) is 42.5 Å². The van der Waals surface area contributed by atoms with Crippen LogP contribution in [0.1, 0.15) is 30.4 Å². The van der Waals surface area contributed by atoms with Crippen molar-refractivity contribution in [3.63, 3.8) is 0 Å². The zero-order chi connectivity index (χ0) is 18.1. The van der Waals surface area contributed by atoms with Gasteiger partial charge in [0.15, 0.2) is 0 Å². The number of fused-ring (bicyclic) bond motifs is 1. The Labute approximate surface area is 152 Å². The first-order valence-electron chi connectivity index (χ1n) is 9.09. The third-order valence-corrected chi connectivity index (χ3v) is 4.99. The molecule has 26 heavy (non-hydrogen) atoms. The molecule has 0 radical (unpaired) electrons. The van der Waals surface area contributed by atoms with Gasteiger partial charge in [-0.25, -0.2) is 4.39 Å². The molecule has 1 aliphatic carbocycles. The number of rotatable bonds is 5. The molecule has 2 aliphatic rings. The first-order chi connectivity index (χ1) is 12.6. The maximum Gasteiger partial charge on any atom is 0.230 e. The van der Waals surface area contributed by atoms with Gasteiger partial charge < -0.3 is 10.2 Å². The van der Waals surface area contributed by atoms with Crippen molar-refractivity contribution >= 4 is 23.2 Å². The van der Waals surface area contributed by atoms with Gasteiger partial charge in [-0.2, -0.15) is 0 Å². The van der Waals surface area contributed by atoms with Crippen LogP contribution in [0, 0.1) is 11.7 Å². The van der Waals surface area contributed by atoms with Crippen molar-refractivity contribution < 1.29 is 14.0 Å². The summed E-state index contributed by atoms with van der Waals surface area (Å²) >= 11 is 0. The third kappa shape index (κ3) is 3.62. The molecule has 5 heteroatoms. The third-order valence-electron chi connectivity index (χ3n) is 4.99. The second-order valence-electron chi connectivity index (χ2n) is 7.04. The molecule has 0 unspecified atom stereocenters. The molecular weight excluding hydrogens is 331 g/mol. The molecule has 4 rings (SSSR count). The number of halogens is 1. The van der Waals surface area contributed by atoms with Gasteiger partial charge in [-0.05, 0) is 61.1 Å². The number of aryl methyl sites for hydroxylation is 1. The largest absolute Gasteiger partial charge is 0.326 e. The molecule has 1 aliphatic heterocycles. The van der Waals surface area contributed by atoms with Gasteiger partial charge in [0.25, 0.3) is 0 Å². The predicted octanol–water partition coefficient (Wildman–Crippen LogP) is 3.70. The minimum Gasteiger partial charge on any atom is -0.326 e. The van der Waals surface area contributed by atoms with E-state index in [1.807, 2.05) is 29.2 Å². The van der Waals surface area contributed by atoms with Crippen LogP contribution < -0.4 is 10.2 Å². The molecule has 1 heterocycles. The summed E-state index contributed by atoms with van der Waals surface area (Å²) in [6.07, 6.45) is 3.61. The molecule has 2 amide bonds. The molecule has 0 spiro atoms. The Morgan fingerprint density at radius 3 is 2.77 bits per heavy atom. The summed E-state index contributed by atoms with van der Waals surface area (Å²) in [6.45, 7) is 0.724. The van der Waals surface area contributed by atoms with Gasteiger partial charge in [0.2, 0.25) is 11.8 Å². The fourth-order valence-corrected chi connectivity index (χ4v) is 3.41. The molecule has 0 aromatic heterocycles. The summed E-state index contributed by atoms with van der Waals surface area (Å²) in [5, 5.41) is 2.89. The molecule has 0 saturated heterocycles. The lowest BCUT2D eigenvalue weighted by Gasteiger charge is -2.18. The number of nitrogens with one attached hydrogen (secondary N) is 1. The maximum absolute atomic E-state index is 13.2. The molecular formula is C21H21FN2O2. The Bertz CT molecular complexity index is 861. The lowest BCUT2D eigenvalue weighted by atomic mass is 10.1. The first kappa shape index (κ1) is 16.8. The highest BCUT2D eigenvalue weighted by molar-refractivity contribution is 5.99. The number of amides is 2. The minimum atomic E-state index is -0.290. The van der Waals surface area contributed by atoms with Gasteiger partial charge in [-0.15, -0.1) is 0 Å². The van der Waals surface area contributed by atoms with Gasteiger partial charge in [0.05, 0.1) is 0 Å². The van der Waals surface area contributed by atoms with E-state index in [-0.39, 0.29) is 30.0 Å². The Balaban J connectivity index is 1.40. The van der Waals surface area contributed by atoms with Crippen LogP contribution >= 0.6 is 0 Å². The van der Waals surface area contributed by atoms with Crippen LogP contribution in [0.3, 0.4) is 0 Å². The van der Waals surface area contributed by atoms with Crippen LogP contribution in [0.5, 0.6) is 0 Å². The fourth-order valence-electron chi connectivity index (χ4n) is 3.41. The number of carbonyl (C=O) groups excluding carboxylic acids is 2. The summed E-state index contributed by atoms with van der Waals surface area (Å²) in [5.41, 5.74) is 3.57. The van der Waals surface area contributed by atoms with Crippen molar-refractivity contribution in [3.8, 4) is 0 Å². The van der Waals surface area contributed by atoms with Crippen LogP contribution in [0.4, 0.5) is 15.8 Å². The first-order valence-corrected chi connectivity index (χ1v) is 9.09. The summed E-state index contributed by atoms with van der Waals surface area (Å²) in [7, 11) is 0. The average molecular weight is 352 g/mol. The summed E-state index contributed by atoms with van der Waals surface area (Å²) in [5.74, 6) is -0.0157. The van der Waals surface area contributed by atoms with Crippen molar-refractivity contribution in [2.45, 2.75) is 32.1 Å². The SMILES string of the molecule is O=C(CCc1cccc(F)c1)Nc1ccc2c(c1)N(C(=O)C1CC1)CC2. The van der Waals surface area contributed by atoms with Crippen LogP contribution in [-0.2, 0) is 22.4 Å². The Morgan fingerprint density at radius 1 is 1.15 bits per heavy atom. The van der Waals surface area contributed by atoms with Crippen molar-refractivity contribution in [1.82, 2.24) is 0 Å². The van der Waals surface area contributed by atoms with Gasteiger partial charge in [-0.3, -0.25) is 9.59 Å². The molecule has 2 aromatic rings. The highest BCUT2D eigenvalue weighted by Crippen LogP contribution is 2.37. The standard InChI is InChI=1S/C21H21FN2O2/c22-17-3-1-2-14(12-17)4-9-20(25)23-18-8-7-15-10-11-24(19(15)13-18)21(26)16-5-6-16/h1-3,7-8,12-13,16H,4-6,9-11H2,(H,23,25). The smallest absolute Gasteiger partial charge is 0.230 e. The minimum absolute atomic E-state index is 0.118. The number of benzene rings is 2. The number of hydrogen-bond donors (Lipinski definition) is 1. The highest BCUT2D eigenvalue weighted by atomic mass is 19.1. The van der Waals surface area contributed by atoms with E-state index in [4.69, 9.17) is 0 Å². The molecule has 1 N–H and O–H groups in total. The van der Waals surface area contributed by atoms with E-state index in [1.54, 1.807) is 6.07 Å². The lowest BCUT2D eigenvalue weighted by molar-refractivity contribution is -0.119. The fraction of sp³-hybridized carbons (Fsp3) is 0.333. The number of nitrogens with zero attached hydrogens (tertiary/aromatic N) is 1. The topological polar surface area (TPSA) is 49.4 Å². The highest BCUT2D eigenvalue weighted by Gasteiger charge is 2.36. The van der Waals surface area contributed by atoms with Crippen molar-refractivity contribution in [2.75, 3.05) is 16.8 Å². The zero-order valence-electron chi connectivity index (χ0n) is 14.5. The molecule has 134 valence electrons. The van der Waals surface area contributed by atoms with Gasteiger partial charge in [0.1, 0.15) is 5.82 Å². The van der Waals surface area contributed by atoms with Crippen LogP contribution in [0.2, 0.25) is 0 Å². The summed E-state index contributed by atoms with van der Waals surface area (Å²) in [4.78, 5) is 26.5. The Kier molecular flexibility index (Phi) is 4.45. The van der Waals surface area contributed by atoms with Crippen molar-refractivity contribution in [2.24, 2.45) is 5.92 Å². The van der Waals surface area contributed by atoms with E-state index in [9.17, 15) is 14.0 Å². The number of anilines is 2. The monoisotopic (exact) mass is 352 g/mol. The zero-order valence-corrected chi connectivity index (χ0v) is 14.5. The van der Waals surface area contributed by atoms with Crippen LogP contribution in [0.25, 0.3) is 0 Å². The van der Waals surface area contributed by atoms with Crippen LogP contribution in [-0.4, -0.2) is 18.4 Å². The maximum atomic E-state index is 13.2. The second-order valence-corrected chi connectivity index (χ2v) is 7.04. The lowest BCUT2D eigenvalue weighted by Crippen LogP contribution is -2.30. The van der Waals surface area contributed by atoms with E-state index in [2.05, 4.69) is 5.32 Å². The molecule has 4 nitrogen and oxygen atoms in total. The quantitative estimate of drug-likeness (QED) is 0.892.